The SMILES string of the molecule is CCc1cc2cc[nH]c2cc1NC. The van der Waals surface area contributed by atoms with E-state index in [0.29, 0.717) is 0 Å². The number of aryl methyl sites for hydroxylation is 1. The van der Waals surface area contributed by atoms with E-state index in [1.54, 1.807) is 0 Å². The number of hydrogen-bond acceptors (Lipinski definition) is 1. The second-order valence-electron chi connectivity index (χ2n) is 3.18. The summed E-state index contributed by atoms with van der Waals surface area (Å²) in [4.78, 5) is 3.21. The van der Waals surface area contributed by atoms with Crippen LogP contribution < -0.4 is 5.32 Å². The Kier molecular flexibility index (Phi) is 1.97. The van der Waals surface area contributed by atoms with E-state index < -0.39 is 0 Å². The van der Waals surface area contributed by atoms with Gasteiger partial charge in [-0.05, 0) is 35.6 Å². The maximum atomic E-state index is 3.21. The molecule has 0 fully saturated rings. The van der Waals surface area contributed by atoms with E-state index >= 15 is 0 Å². The number of hydrogen-bond donors (Lipinski definition) is 2. The number of anilines is 1. The zero-order valence-corrected chi connectivity index (χ0v) is 8.02. The standard InChI is InChI=1S/C11H14N2/c1-3-8-6-9-4-5-13-11(9)7-10(8)12-2/h4-7,12-13H,3H2,1-2H3. The van der Waals surface area contributed by atoms with E-state index in [1.165, 1.54) is 22.2 Å². The van der Waals surface area contributed by atoms with Crippen LogP contribution in [0, 0.1) is 0 Å². The van der Waals surface area contributed by atoms with Gasteiger partial charge in [0.15, 0.2) is 0 Å². The average molecular weight is 174 g/mol. The van der Waals surface area contributed by atoms with Crippen LogP contribution in [0.4, 0.5) is 5.69 Å². The van der Waals surface area contributed by atoms with Crippen molar-refractivity contribution in [3.05, 3.63) is 30.0 Å². The predicted molar refractivity (Wildman–Crippen MR) is 57.2 cm³/mol. The van der Waals surface area contributed by atoms with Crippen LogP contribution in [0.1, 0.15) is 12.5 Å². The van der Waals surface area contributed by atoms with Crippen molar-refractivity contribution in [1.29, 1.82) is 0 Å². The van der Waals surface area contributed by atoms with Crippen molar-refractivity contribution in [3.63, 3.8) is 0 Å². The lowest BCUT2D eigenvalue weighted by molar-refractivity contribution is 1.14. The van der Waals surface area contributed by atoms with Crippen LogP contribution in [-0.2, 0) is 6.42 Å². The topological polar surface area (TPSA) is 27.8 Å². The van der Waals surface area contributed by atoms with Crippen LogP contribution in [-0.4, -0.2) is 12.0 Å². The van der Waals surface area contributed by atoms with Crippen LogP contribution >= 0.6 is 0 Å². The van der Waals surface area contributed by atoms with Crippen molar-refractivity contribution in [2.75, 3.05) is 12.4 Å². The maximum Gasteiger partial charge on any atom is 0.0474 e. The zero-order chi connectivity index (χ0) is 9.26. The summed E-state index contributed by atoms with van der Waals surface area (Å²) >= 11 is 0. The van der Waals surface area contributed by atoms with Gasteiger partial charge in [0.1, 0.15) is 0 Å². The summed E-state index contributed by atoms with van der Waals surface area (Å²) in [6, 6.07) is 6.50. The summed E-state index contributed by atoms with van der Waals surface area (Å²) in [5.41, 5.74) is 3.79. The van der Waals surface area contributed by atoms with Crippen LogP contribution in [0.15, 0.2) is 24.4 Å². The molecule has 0 unspecified atom stereocenters. The number of nitrogens with one attached hydrogen (secondary N) is 2. The minimum absolute atomic E-state index is 1.07. The first-order chi connectivity index (χ1) is 6.35. The molecular weight excluding hydrogens is 160 g/mol. The van der Waals surface area contributed by atoms with E-state index in [0.717, 1.165) is 6.42 Å². The van der Waals surface area contributed by atoms with Crippen molar-refractivity contribution in [1.82, 2.24) is 4.98 Å². The fourth-order valence-corrected chi connectivity index (χ4v) is 1.67. The number of benzene rings is 1. The number of H-pyrrole nitrogens is 1. The lowest BCUT2D eigenvalue weighted by atomic mass is 10.1. The largest absolute Gasteiger partial charge is 0.388 e. The Labute approximate surface area is 78.0 Å². The van der Waals surface area contributed by atoms with Crippen molar-refractivity contribution in [3.8, 4) is 0 Å². The van der Waals surface area contributed by atoms with Gasteiger partial charge in [0, 0.05) is 24.4 Å². The normalized spacial score (nSPS) is 10.6. The van der Waals surface area contributed by atoms with E-state index in [4.69, 9.17) is 0 Å². The second-order valence-corrected chi connectivity index (χ2v) is 3.18. The highest BCUT2D eigenvalue weighted by atomic mass is 14.8. The third-order valence-electron chi connectivity index (χ3n) is 2.43. The first kappa shape index (κ1) is 8.17. The van der Waals surface area contributed by atoms with Crippen LogP contribution in [0.2, 0.25) is 0 Å². The molecule has 2 aromatic rings. The van der Waals surface area contributed by atoms with Gasteiger partial charge in [-0.1, -0.05) is 6.92 Å². The van der Waals surface area contributed by atoms with Crippen molar-refractivity contribution < 1.29 is 0 Å². The summed E-state index contributed by atoms with van der Waals surface area (Å²) in [7, 11) is 1.96. The molecule has 0 saturated heterocycles. The van der Waals surface area contributed by atoms with Gasteiger partial charge in [-0.25, -0.2) is 0 Å². The highest BCUT2D eigenvalue weighted by Crippen LogP contribution is 2.23. The summed E-state index contributed by atoms with van der Waals surface area (Å²) in [5.74, 6) is 0. The zero-order valence-electron chi connectivity index (χ0n) is 8.02. The molecule has 1 aromatic heterocycles. The molecule has 0 aliphatic carbocycles. The Balaban J connectivity index is 2.67. The fourth-order valence-electron chi connectivity index (χ4n) is 1.67. The molecule has 0 aliphatic heterocycles. The minimum atomic E-state index is 1.07. The van der Waals surface area contributed by atoms with Crippen molar-refractivity contribution in [2.24, 2.45) is 0 Å². The first-order valence-corrected chi connectivity index (χ1v) is 4.63. The molecule has 0 atom stereocenters. The van der Waals surface area contributed by atoms with Gasteiger partial charge in [-0.3, -0.25) is 0 Å². The minimum Gasteiger partial charge on any atom is -0.388 e. The number of fused-ring (bicyclic) bond motifs is 1. The number of rotatable bonds is 2. The Morgan fingerprint density at radius 3 is 2.92 bits per heavy atom. The van der Waals surface area contributed by atoms with E-state index in [-0.39, 0.29) is 0 Å². The molecule has 0 radical (unpaired) electrons. The number of aromatic nitrogens is 1. The molecule has 0 bridgehead atoms. The molecule has 0 spiro atoms. The van der Waals surface area contributed by atoms with E-state index in [9.17, 15) is 0 Å². The molecule has 2 heteroatoms. The highest BCUT2D eigenvalue weighted by molar-refractivity contribution is 5.84. The van der Waals surface area contributed by atoms with Crippen molar-refractivity contribution in [2.45, 2.75) is 13.3 Å². The lowest BCUT2D eigenvalue weighted by Gasteiger charge is -2.06. The molecule has 0 aliphatic rings. The van der Waals surface area contributed by atoms with Crippen LogP contribution in [0.3, 0.4) is 0 Å². The Morgan fingerprint density at radius 1 is 1.38 bits per heavy atom. The molecular formula is C11H14N2. The van der Waals surface area contributed by atoms with Gasteiger partial charge < -0.3 is 10.3 Å². The van der Waals surface area contributed by atoms with Gasteiger partial charge in [0.25, 0.3) is 0 Å². The number of aromatic amines is 1. The molecule has 2 N–H and O–H groups in total. The second kappa shape index (κ2) is 3.13. The average Bonchev–Trinajstić information content (AvgIpc) is 2.62. The summed E-state index contributed by atoms with van der Waals surface area (Å²) < 4.78 is 0. The highest BCUT2D eigenvalue weighted by Gasteiger charge is 2.01. The third-order valence-corrected chi connectivity index (χ3v) is 2.43. The molecule has 1 aromatic carbocycles. The van der Waals surface area contributed by atoms with E-state index in [1.807, 2.05) is 13.2 Å². The Morgan fingerprint density at radius 2 is 2.23 bits per heavy atom. The molecule has 68 valence electrons. The van der Waals surface area contributed by atoms with E-state index in [2.05, 4.69) is 35.4 Å². The molecule has 13 heavy (non-hydrogen) atoms. The fraction of sp³-hybridized carbons (Fsp3) is 0.273. The predicted octanol–water partition coefficient (Wildman–Crippen LogP) is 2.77. The molecule has 0 amide bonds. The molecule has 2 rings (SSSR count). The maximum absolute atomic E-state index is 3.21. The smallest absolute Gasteiger partial charge is 0.0474 e. The summed E-state index contributed by atoms with van der Waals surface area (Å²) in [6.45, 7) is 2.18. The van der Waals surface area contributed by atoms with Crippen molar-refractivity contribution >= 4 is 16.6 Å². The van der Waals surface area contributed by atoms with Gasteiger partial charge in [-0.15, -0.1) is 0 Å². The molecule has 0 saturated carbocycles. The van der Waals surface area contributed by atoms with Gasteiger partial charge in [-0.2, -0.15) is 0 Å². The first-order valence-electron chi connectivity index (χ1n) is 4.63. The monoisotopic (exact) mass is 174 g/mol. The van der Waals surface area contributed by atoms with Crippen LogP contribution in [0.25, 0.3) is 10.9 Å². The van der Waals surface area contributed by atoms with Gasteiger partial charge in [0.2, 0.25) is 0 Å². The quantitative estimate of drug-likeness (QED) is 0.719. The molecule has 1 heterocycles. The lowest BCUT2D eigenvalue weighted by Crippen LogP contribution is -1.93. The van der Waals surface area contributed by atoms with Crippen LogP contribution in [0.5, 0.6) is 0 Å². The molecule has 2 nitrogen and oxygen atoms in total. The van der Waals surface area contributed by atoms with Gasteiger partial charge in [0.05, 0.1) is 0 Å². The Bertz CT molecular complexity index is 377. The summed E-state index contributed by atoms with van der Waals surface area (Å²) in [6.07, 6.45) is 3.04. The summed E-state index contributed by atoms with van der Waals surface area (Å²) in [5, 5.41) is 4.50. The Hall–Kier alpha value is -1.44. The van der Waals surface area contributed by atoms with Gasteiger partial charge >= 0.3 is 0 Å². The third kappa shape index (κ3) is 1.28.